The molecule has 0 radical (unpaired) electrons. The van der Waals surface area contributed by atoms with Crippen LogP contribution in [0.4, 0.5) is 0 Å². The van der Waals surface area contributed by atoms with E-state index in [1.54, 1.807) is 6.92 Å². The molecule has 278 valence electrons. The molecule has 1 aliphatic carbocycles. The monoisotopic (exact) mass is 722 g/mol. The van der Waals surface area contributed by atoms with Gasteiger partial charge in [0.25, 0.3) is 0 Å². The lowest BCUT2D eigenvalue weighted by Crippen LogP contribution is -2.48. The molecule has 48 heavy (non-hydrogen) atoms. The second-order valence-corrected chi connectivity index (χ2v) is 32.8. The van der Waals surface area contributed by atoms with Crippen molar-refractivity contribution in [3.63, 3.8) is 0 Å². The van der Waals surface area contributed by atoms with E-state index in [4.69, 9.17) is 18.0 Å². The number of rotatable bonds is 8. The van der Waals surface area contributed by atoms with E-state index in [-0.39, 0.29) is 58.2 Å². The summed E-state index contributed by atoms with van der Waals surface area (Å²) < 4.78 is 26.4. The molecule has 6 nitrogen and oxygen atoms in total. The van der Waals surface area contributed by atoms with Crippen LogP contribution < -0.4 is 0 Å². The quantitative estimate of drug-likeness (QED) is 0.107. The van der Waals surface area contributed by atoms with Crippen molar-refractivity contribution in [2.45, 2.75) is 181 Å². The molecule has 0 fully saturated rings. The van der Waals surface area contributed by atoms with Crippen LogP contribution in [0.5, 0.6) is 0 Å². The Balaban J connectivity index is 3.72. The molecule has 3 unspecified atom stereocenters. The van der Waals surface area contributed by atoms with Crippen LogP contribution in [0.15, 0.2) is 36.5 Å². The van der Waals surface area contributed by atoms with E-state index in [1.807, 2.05) is 6.08 Å². The smallest absolute Gasteiger partial charge is 0.316 e. The van der Waals surface area contributed by atoms with E-state index in [0.717, 1.165) is 6.42 Å². The average Bonchev–Trinajstić information content (AvgIpc) is 2.89. The highest BCUT2D eigenvalue weighted by Gasteiger charge is 2.43. The minimum atomic E-state index is -2.26. The van der Waals surface area contributed by atoms with Crippen molar-refractivity contribution >= 4 is 36.7 Å². The van der Waals surface area contributed by atoms with Crippen LogP contribution in [0.25, 0.3) is 0 Å². The third-order valence-electron chi connectivity index (χ3n) is 11.2. The molecular weight excluding hydrogens is 649 g/mol. The molecule has 0 bridgehead atoms. The first kappa shape index (κ1) is 44.9. The van der Waals surface area contributed by atoms with Gasteiger partial charge in [0.1, 0.15) is 11.7 Å². The molecular formula is C39H74O6Si3. The fourth-order valence-electron chi connectivity index (χ4n) is 4.84. The van der Waals surface area contributed by atoms with Gasteiger partial charge in [0.05, 0.1) is 24.9 Å². The Kier molecular flexibility index (Phi) is 16.7. The zero-order valence-corrected chi connectivity index (χ0v) is 37.0. The predicted octanol–water partition coefficient (Wildman–Crippen LogP) is 11.2. The Morgan fingerprint density at radius 2 is 1.19 bits per heavy atom. The Morgan fingerprint density at radius 3 is 1.69 bits per heavy atom. The van der Waals surface area contributed by atoms with Gasteiger partial charge in [-0.25, -0.2) is 0 Å². The summed E-state index contributed by atoms with van der Waals surface area (Å²) in [5, 5.41) is 0.0822. The Morgan fingerprint density at radius 1 is 0.708 bits per heavy atom. The van der Waals surface area contributed by atoms with Crippen LogP contribution in [0.1, 0.15) is 108 Å². The van der Waals surface area contributed by atoms with Crippen molar-refractivity contribution in [1.82, 2.24) is 0 Å². The largest absolute Gasteiger partial charge is 0.465 e. The molecule has 0 spiro atoms. The van der Waals surface area contributed by atoms with E-state index in [2.05, 4.69) is 139 Å². The van der Waals surface area contributed by atoms with E-state index < -0.39 is 36.8 Å². The van der Waals surface area contributed by atoms with Crippen LogP contribution in [-0.4, -0.2) is 61.6 Å². The van der Waals surface area contributed by atoms with Gasteiger partial charge in [-0.2, -0.15) is 0 Å². The van der Waals surface area contributed by atoms with Crippen LogP contribution in [0, 0.1) is 11.8 Å². The lowest BCUT2D eigenvalue weighted by Gasteiger charge is -2.42. The number of hydrogen-bond acceptors (Lipinski definition) is 6. The first-order valence-electron chi connectivity index (χ1n) is 18.4. The van der Waals surface area contributed by atoms with Gasteiger partial charge < -0.3 is 18.0 Å². The molecule has 0 aromatic carbocycles. The summed E-state index contributed by atoms with van der Waals surface area (Å²) in [7, 11) is -6.44. The second-order valence-electron chi connectivity index (χ2n) is 18.5. The zero-order chi connectivity index (χ0) is 37.4. The van der Waals surface area contributed by atoms with Crippen molar-refractivity contribution in [3.05, 3.63) is 36.5 Å². The summed E-state index contributed by atoms with van der Waals surface area (Å²) in [4.78, 5) is 27.3. The van der Waals surface area contributed by atoms with Crippen molar-refractivity contribution < 1.29 is 27.6 Å². The molecule has 0 aliphatic heterocycles. The number of ether oxygens (including phenoxy) is 1. The van der Waals surface area contributed by atoms with Crippen LogP contribution in [0.3, 0.4) is 0 Å². The third kappa shape index (κ3) is 13.9. The summed E-state index contributed by atoms with van der Waals surface area (Å²) in [5.41, 5.74) is 0. The van der Waals surface area contributed by atoms with Gasteiger partial charge in [-0.05, 0) is 92.9 Å². The standard InChI is InChI=1S/C39H74O6Si3/c1-18-42-36(41)33-26-23-22-24-30(2)35(45-48(16,17)39(9,10)11)27-21-19-20-25-31(43-46(12,13)37(3,4)5)28-32(29-34(33)40)44-47(14,15)38(6,7)8/h19-23,27,30-33,35H,18,24-26,28-29H2,1-17H3/b20-19+,23-22+,27-21-/t30-,31+,32?,33?,35?/m0/s1. The molecule has 0 saturated heterocycles. The van der Waals surface area contributed by atoms with E-state index in [9.17, 15) is 9.59 Å². The molecule has 0 heterocycles. The average molecular weight is 723 g/mol. The number of carbonyl (C=O) groups is 2. The van der Waals surface area contributed by atoms with Gasteiger partial charge in [0, 0.05) is 6.42 Å². The van der Waals surface area contributed by atoms with Gasteiger partial charge in [-0.3, -0.25) is 9.59 Å². The van der Waals surface area contributed by atoms with Crippen molar-refractivity contribution in [2.24, 2.45) is 11.8 Å². The third-order valence-corrected chi connectivity index (χ3v) is 24.8. The fraction of sp³-hybridized carbons (Fsp3) is 0.795. The second kappa shape index (κ2) is 17.9. The maximum absolute atomic E-state index is 14.1. The first-order chi connectivity index (χ1) is 21.6. The zero-order valence-electron chi connectivity index (χ0n) is 34.0. The summed E-state index contributed by atoms with van der Waals surface area (Å²) >= 11 is 0. The van der Waals surface area contributed by atoms with Crippen molar-refractivity contribution in [2.75, 3.05) is 6.61 Å². The lowest BCUT2D eigenvalue weighted by molar-refractivity contribution is -0.151. The van der Waals surface area contributed by atoms with Gasteiger partial charge in [0.2, 0.25) is 0 Å². The molecule has 0 aromatic rings. The summed E-state index contributed by atoms with van der Waals surface area (Å²) in [6.07, 6.45) is 14.7. The molecule has 0 amide bonds. The highest BCUT2D eigenvalue weighted by Crippen LogP contribution is 2.41. The lowest BCUT2D eigenvalue weighted by atomic mass is 9.93. The van der Waals surface area contributed by atoms with Crippen LogP contribution in [0.2, 0.25) is 54.4 Å². The number of ketones is 1. The highest BCUT2D eigenvalue weighted by molar-refractivity contribution is 6.75. The topological polar surface area (TPSA) is 71.1 Å². The molecule has 5 atom stereocenters. The van der Waals surface area contributed by atoms with E-state index in [1.165, 1.54) is 0 Å². The number of carbonyl (C=O) groups excluding carboxylic acids is 2. The normalized spacial score (nSPS) is 27.2. The predicted molar refractivity (Wildman–Crippen MR) is 211 cm³/mol. The van der Waals surface area contributed by atoms with Crippen molar-refractivity contribution in [1.29, 1.82) is 0 Å². The van der Waals surface area contributed by atoms with Crippen LogP contribution >= 0.6 is 0 Å². The van der Waals surface area contributed by atoms with Crippen molar-refractivity contribution in [3.8, 4) is 0 Å². The Labute approximate surface area is 299 Å². The maximum atomic E-state index is 14.1. The summed E-state index contributed by atoms with van der Waals surface area (Å²) in [6, 6.07) is 0. The van der Waals surface area contributed by atoms with Gasteiger partial charge in [-0.1, -0.05) is 106 Å². The Hall–Kier alpha value is -1.11. The first-order valence-corrected chi connectivity index (χ1v) is 27.1. The molecule has 0 aromatic heterocycles. The minimum absolute atomic E-state index is 0.0293. The number of Topliss-reactive ketones (excluding diaryl/α,β-unsaturated/α-hetero) is 1. The van der Waals surface area contributed by atoms with Crippen LogP contribution in [-0.2, 0) is 27.6 Å². The molecule has 1 aliphatic rings. The highest BCUT2D eigenvalue weighted by atomic mass is 28.4. The Bertz CT molecular complexity index is 1120. The molecule has 1 rings (SSSR count). The molecule has 0 N–H and O–H groups in total. The van der Waals surface area contributed by atoms with E-state index in [0.29, 0.717) is 19.3 Å². The number of esters is 1. The van der Waals surface area contributed by atoms with E-state index >= 15 is 0 Å². The number of allylic oxidation sites excluding steroid dienone is 4. The maximum Gasteiger partial charge on any atom is 0.316 e. The van der Waals surface area contributed by atoms with Gasteiger partial charge in [-0.15, -0.1) is 0 Å². The SMILES string of the molecule is CCOC(=O)C1C/C=C/C[C@H](C)C(O[Si](C)(C)C(C)(C)C)/C=C\C=C\C[C@@H](O[Si](C)(C)C(C)(C)C)CC(O[Si](C)(C)C(C)(C)C)CC1=O. The van der Waals surface area contributed by atoms with Gasteiger partial charge >= 0.3 is 5.97 Å². The minimum Gasteiger partial charge on any atom is -0.465 e. The summed E-state index contributed by atoms with van der Waals surface area (Å²) in [5.74, 6) is -1.23. The molecule has 0 saturated carbocycles. The molecule has 9 heteroatoms. The fourth-order valence-corrected chi connectivity index (χ4v) is 8.93. The van der Waals surface area contributed by atoms with Gasteiger partial charge in [0.15, 0.2) is 25.0 Å². The summed E-state index contributed by atoms with van der Waals surface area (Å²) in [6.45, 7) is 38.0. The number of hydrogen-bond donors (Lipinski definition) is 0.